The molecule has 246 valence electrons. The Balaban J connectivity index is 1.84. The smallest absolute Gasteiger partial charge is 0.291 e. The monoisotopic (exact) mass is 641 g/mol. The molecular weight excluding hydrogens is 591 g/mol. The number of carbonyl (C=O) groups is 1. The molecule has 1 aliphatic heterocycles. The minimum absolute atomic E-state index is 0.0550. The summed E-state index contributed by atoms with van der Waals surface area (Å²) in [5.74, 6) is 0.762. The lowest BCUT2D eigenvalue weighted by molar-refractivity contribution is 0.0941. The van der Waals surface area contributed by atoms with Gasteiger partial charge in [-0.25, -0.2) is 15.0 Å². The van der Waals surface area contributed by atoms with Gasteiger partial charge >= 0.3 is 0 Å². The standard InChI is InChI=1S/C37H51N7OS/c1-7-11-14-16-23-43(24-17-15-12-8-2)37-40-32(29-21-19-26(5)20-22-29)35(46-37)39-31-27(6)30(25-38)36(45)44-34(31)41-33(42-44)28(10-4)18-13-9-3/h19-22,28H,7-18,23-24H2,1-6H3. The average Bonchev–Trinajstić information content (AvgIpc) is 3.69. The highest BCUT2D eigenvalue weighted by Gasteiger charge is 2.34. The van der Waals surface area contributed by atoms with Crippen LogP contribution in [0.15, 0.2) is 40.4 Å². The van der Waals surface area contributed by atoms with Crippen LogP contribution in [0.4, 0.5) is 10.1 Å². The van der Waals surface area contributed by atoms with Gasteiger partial charge in [0, 0.05) is 30.1 Å². The average molecular weight is 642 g/mol. The molecule has 0 bridgehead atoms. The van der Waals surface area contributed by atoms with Gasteiger partial charge in [-0.2, -0.15) is 9.94 Å². The number of hydrogen-bond donors (Lipinski definition) is 0. The van der Waals surface area contributed by atoms with Gasteiger partial charge in [-0.3, -0.25) is 4.79 Å². The van der Waals surface area contributed by atoms with E-state index in [1.165, 1.54) is 48.8 Å². The molecule has 0 saturated heterocycles. The van der Waals surface area contributed by atoms with Gasteiger partial charge in [0.2, 0.25) is 0 Å². The summed E-state index contributed by atoms with van der Waals surface area (Å²) in [5, 5.41) is 16.4. The zero-order chi connectivity index (χ0) is 33.1. The maximum absolute atomic E-state index is 13.4. The summed E-state index contributed by atoms with van der Waals surface area (Å²) in [6, 6.07) is 10.5. The molecule has 1 aliphatic rings. The second kappa shape index (κ2) is 17.3. The highest BCUT2D eigenvalue weighted by Crippen LogP contribution is 2.41. The van der Waals surface area contributed by atoms with Gasteiger partial charge in [0.1, 0.15) is 28.0 Å². The quantitative estimate of drug-likeness (QED) is 0.128. The molecule has 46 heavy (non-hydrogen) atoms. The van der Waals surface area contributed by atoms with Crippen molar-refractivity contribution in [2.24, 2.45) is 4.99 Å². The van der Waals surface area contributed by atoms with Crippen molar-refractivity contribution in [1.82, 2.24) is 19.7 Å². The Morgan fingerprint density at radius 1 is 0.913 bits per heavy atom. The summed E-state index contributed by atoms with van der Waals surface area (Å²) in [4.78, 5) is 31.2. The molecule has 1 aromatic carbocycles. The van der Waals surface area contributed by atoms with Crippen LogP contribution in [0.5, 0.6) is 0 Å². The van der Waals surface area contributed by atoms with Crippen LogP contribution in [-0.4, -0.2) is 44.5 Å². The summed E-state index contributed by atoms with van der Waals surface area (Å²) in [5.41, 5.74) is 4.08. The molecule has 0 N–H and O–H groups in total. The van der Waals surface area contributed by atoms with Crippen LogP contribution >= 0.6 is 11.3 Å². The number of hydrogen-bond acceptors (Lipinski definition) is 8. The molecule has 0 aliphatic carbocycles. The third-order valence-corrected chi connectivity index (χ3v) is 9.83. The number of benzene rings is 1. The van der Waals surface area contributed by atoms with Crippen LogP contribution in [0.2, 0.25) is 0 Å². The van der Waals surface area contributed by atoms with Crippen molar-refractivity contribution >= 4 is 33.1 Å². The number of anilines is 1. The number of aliphatic imine (C=N–C) groups is 1. The molecule has 3 aromatic rings. The van der Waals surface area contributed by atoms with E-state index in [4.69, 9.17) is 15.0 Å². The van der Waals surface area contributed by atoms with Crippen LogP contribution in [0.3, 0.4) is 0 Å². The van der Waals surface area contributed by atoms with Crippen LogP contribution in [-0.2, 0) is 0 Å². The van der Waals surface area contributed by atoms with Crippen molar-refractivity contribution in [2.45, 2.75) is 125 Å². The Morgan fingerprint density at radius 2 is 1.57 bits per heavy atom. The number of thiazole rings is 1. The summed E-state index contributed by atoms with van der Waals surface area (Å²) in [6.07, 6.45) is 13.5. The molecule has 9 heteroatoms. The molecule has 0 amide bonds. The van der Waals surface area contributed by atoms with Crippen molar-refractivity contribution in [2.75, 3.05) is 18.0 Å². The molecule has 3 heterocycles. The molecule has 1 atom stereocenters. The van der Waals surface area contributed by atoms with Crippen molar-refractivity contribution in [3.05, 3.63) is 52.6 Å². The predicted molar refractivity (Wildman–Crippen MR) is 190 cm³/mol. The highest BCUT2D eigenvalue weighted by atomic mass is 32.1. The summed E-state index contributed by atoms with van der Waals surface area (Å²) in [6.45, 7) is 14.6. The maximum Gasteiger partial charge on any atom is 0.291 e. The van der Waals surface area contributed by atoms with Gasteiger partial charge in [-0.05, 0) is 39.5 Å². The summed E-state index contributed by atoms with van der Waals surface area (Å²) < 4.78 is 1.30. The van der Waals surface area contributed by atoms with E-state index in [2.05, 4.69) is 75.0 Å². The zero-order valence-electron chi connectivity index (χ0n) is 28.7. The minimum Gasteiger partial charge on any atom is -0.348 e. The summed E-state index contributed by atoms with van der Waals surface area (Å²) >= 11 is 1.58. The Bertz CT molecular complexity index is 1540. The Labute approximate surface area is 279 Å². The van der Waals surface area contributed by atoms with Gasteiger partial charge in [-0.15, -0.1) is 5.10 Å². The fourth-order valence-corrected chi connectivity index (χ4v) is 6.87. The van der Waals surface area contributed by atoms with E-state index in [1.54, 1.807) is 18.3 Å². The fourth-order valence-electron chi connectivity index (χ4n) is 5.86. The highest BCUT2D eigenvalue weighted by molar-refractivity contribution is 7.19. The number of rotatable bonds is 18. The first-order chi connectivity index (χ1) is 22.4. The second-order valence-corrected chi connectivity index (χ2v) is 13.4. The normalized spacial score (nSPS) is 14.5. The first-order valence-corrected chi connectivity index (χ1v) is 18.2. The number of aryl methyl sites for hydroxylation is 1. The molecule has 0 fully saturated rings. The molecule has 1 unspecified atom stereocenters. The van der Waals surface area contributed by atoms with E-state index in [1.807, 2.05) is 0 Å². The van der Waals surface area contributed by atoms with E-state index < -0.39 is 5.91 Å². The lowest BCUT2D eigenvalue weighted by Gasteiger charge is -2.21. The van der Waals surface area contributed by atoms with Gasteiger partial charge < -0.3 is 4.90 Å². The number of nitriles is 1. The molecule has 0 spiro atoms. The molecule has 0 saturated carbocycles. The van der Waals surface area contributed by atoms with Crippen LogP contribution in [0.1, 0.15) is 140 Å². The first-order valence-electron chi connectivity index (χ1n) is 17.4. The lowest BCUT2D eigenvalue weighted by atomic mass is 9.98. The van der Waals surface area contributed by atoms with Gasteiger partial charge in [-0.1, -0.05) is 120 Å². The topological polar surface area (TPSA) is 100 Å². The molecule has 4 rings (SSSR count). The van der Waals surface area contributed by atoms with Gasteiger partial charge in [0.25, 0.3) is 5.91 Å². The zero-order valence-corrected chi connectivity index (χ0v) is 29.5. The first kappa shape index (κ1) is 35.2. The van der Waals surface area contributed by atoms with Crippen LogP contribution < -0.4 is 4.90 Å². The van der Waals surface area contributed by atoms with Crippen LogP contribution in [0, 0.1) is 18.3 Å². The third kappa shape index (κ3) is 8.38. The number of aromatic nitrogens is 4. The van der Waals surface area contributed by atoms with Crippen molar-refractivity contribution in [3.8, 4) is 17.3 Å². The molecule has 8 nitrogen and oxygen atoms in total. The number of unbranched alkanes of at least 4 members (excludes halogenated alkanes) is 7. The third-order valence-electron chi connectivity index (χ3n) is 8.82. The Hall–Kier alpha value is -3.64. The predicted octanol–water partition coefficient (Wildman–Crippen LogP) is 9.98. The van der Waals surface area contributed by atoms with Crippen molar-refractivity contribution in [1.29, 1.82) is 5.26 Å². The molecule has 2 aromatic heterocycles. The van der Waals surface area contributed by atoms with Gasteiger partial charge in [0.15, 0.2) is 16.8 Å². The summed E-state index contributed by atoms with van der Waals surface area (Å²) in [7, 11) is 0. The fraction of sp³-hybridized carbons (Fsp3) is 0.568. The number of allylic oxidation sites excluding steroid dienone is 2. The van der Waals surface area contributed by atoms with Gasteiger partial charge in [0.05, 0.1) is 0 Å². The minimum atomic E-state index is -0.438. The Morgan fingerprint density at radius 3 is 2.15 bits per heavy atom. The van der Waals surface area contributed by atoms with Crippen LogP contribution in [0.25, 0.3) is 11.3 Å². The SMILES string of the molecule is CCCCCCN(CCCCCC)c1nc(-c2ccc(C)cc2)c(N=C2C(C)=C(C#N)C(=O)n3nc(C(CC)CCCC)nc32)s1. The lowest BCUT2D eigenvalue weighted by Crippen LogP contribution is -2.28. The second-order valence-electron chi connectivity index (χ2n) is 12.5. The van der Waals surface area contributed by atoms with E-state index in [-0.39, 0.29) is 11.5 Å². The number of carbonyl (C=O) groups excluding carboxylic acids is 1. The van der Waals surface area contributed by atoms with Crippen molar-refractivity contribution < 1.29 is 4.79 Å². The maximum atomic E-state index is 13.4. The number of nitrogens with zero attached hydrogens (tertiary/aromatic N) is 7. The Kier molecular flexibility index (Phi) is 13.3. The van der Waals surface area contributed by atoms with E-state index in [0.717, 1.165) is 73.0 Å². The van der Waals surface area contributed by atoms with E-state index in [9.17, 15) is 10.1 Å². The molecular formula is C37H51N7OS. The van der Waals surface area contributed by atoms with E-state index in [0.29, 0.717) is 22.9 Å². The largest absolute Gasteiger partial charge is 0.348 e. The van der Waals surface area contributed by atoms with Crippen molar-refractivity contribution in [3.63, 3.8) is 0 Å². The van der Waals surface area contributed by atoms with E-state index >= 15 is 0 Å². The number of fused-ring (bicyclic) bond motifs is 1. The molecule has 0 radical (unpaired) electrons.